The Morgan fingerprint density at radius 2 is 2.35 bits per heavy atom. The average Bonchev–Trinajstić information content (AvgIpc) is 2.30. The van der Waals surface area contributed by atoms with E-state index < -0.39 is 6.10 Å². The second-order valence-corrected chi connectivity index (χ2v) is 3.87. The number of aliphatic hydroxyl groups excluding tert-OH is 1. The SMILES string of the molecule is CC(OCCO)C(=O)Nc1ccc(Cl)c(N)c1. The Morgan fingerprint density at radius 3 is 2.94 bits per heavy atom. The van der Waals surface area contributed by atoms with Crippen molar-refractivity contribution in [1.29, 1.82) is 0 Å². The number of amides is 1. The highest BCUT2D eigenvalue weighted by atomic mass is 35.5. The first-order valence-corrected chi connectivity index (χ1v) is 5.50. The van der Waals surface area contributed by atoms with Gasteiger partial charge in [0.15, 0.2) is 0 Å². The minimum Gasteiger partial charge on any atom is -0.397 e. The minimum absolute atomic E-state index is 0.120. The molecule has 1 rings (SSSR count). The molecular formula is C11H15ClN2O3. The molecule has 0 bridgehead atoms. The van der Waals surface area contributed by atoms with Crippen molar-refractivity contribution >= 4 is 28.9 Å². The number of hydrogen-bond acceptors (Lipinski definition) is 4. The fraction of sp³-hybridized carbons (Fsp3) is 0.364. The van der Waals surface area contributed by atoms with Crippen LogP contribution in [-0.4, -0.2) is 30.3 Å². The van der Waals surface area contributed by atoms with Crippen molar-refractivity contribution in [2.45, 2.75) is 13.0 Å². The summed E-state index contributed by atoms with van der Waals surface area (Å²) < 4.78 is 5.06. The molecule has 17 heavy (non-hydrogen) atoms. The Kier molecular flexibility index (Phi) is 5.21. The summed E-state index contributed by atoms with van der Waals surface area (Å²) in [5, 5.41) is 11.6. The first-order chi connectivity index (χ1) is 8.04. The maximum absolute atomic E-state index is 11.6. The third kappa shape index (κ3) is 4.22. The number of carbonyl (C=O) groups is 1. The van der Waals surface area contributed by atoms with Gasteiger partial charge in [0.2, 0.25) is 0 Å². The number of nitrogens with one attached hydrogen (secondary N) is 1. The van der Waals surface area contributed by atoms with Crippen molar-refractivity contribution in [3.8, 4) is 0 Å². The molecule has 0 radical (unpaired) electrons. The molecule has 0 spiro atoms. The van der Waals surface area contributed by atoms with Crippen molar-refractivity contribution in [3.63, 3.8) is 0 Å². The standard InChI is InChI=1S/C11H15ClN2O3/c1-7(17-5-4-15)11(16)14-8-2-3-9(12)10(13)6-8/h2-3,6-7,15H,4-5,13H2,1H3,(H,14,16). The van der Waals surface area contributed by atoms with Crippen LogP contribution in [0.2, 0.25) is 5.02 Å². The second-order valence-electron chi connectivity index (χ2n) is 3.46. The van der Waals surface area contributed by atoms with Crippen LogP contribution in [0.1, 0.15) is 6.92 Å². The van der Waals surface area contributed by atoms with E-state index in [1.165, 1.54) is 0 Å². The van der Waals surface area contributed by atoms with Crippen LogP contribution in [0.5, 0.6) is 0 Å². The summed E-state index contributed by atoms with van der Waals surface area (Å²) in [4.78, 5) is 11.6. The molecule has 0 heterocycles. The van der Waals surface area contributed by atoms with E-state index in [2.05, 4.69) is 5.32 Å². The van der Waals surface area contributed by atoms with Crippen molar-refractivity contribution in [3.05, 3.63) is 23.2 Å². The summed E-state index contributed by atoms with van der Waals surface area (Å²) in [6.45, 7) is 1.60. The summed E-state index contributed by atoms with van der Waals surface area (Å²) in [5.74, 6) is -0.305. The predicted octanol–water partition coefficient (Wildman–Crippen LogP) is 1.26. The Hall–Kier alpha value is -1.30. The molecule has 5 nitrogen and oxygen atoms in total. The van der Waals surface area contributed by atoms with Gasteiger partial charge in [-0.15, -0.1) is 0 Å². The molecule has 1 atom stereocenters. The Morgan fingerprint density at radius 1 is 1.65 bits per heavy atom. The largest absolute Gasteiger partial charge is 0.397 e. The van der Waals surface area contributed by atoms with E-state index in [-0.39, 0.29) is 19.1 Å². The first-order valence-electron chi connectivity index (χ1n) is 5.13. The van der Waals surface area contributed by atoms with E-state index in [1.54, 1.807) is 25.1 Å². The minimum atomic E-state index is -0.640. The molecule has 1 aromatic carbocycles. The number of carbonyl (C=O) groups excluding carboxylic acids is 1. The lowest BCUT2D eigenvalue weighted by Gasteiger charge is -2.13. The zero-order valence-electron chi connectivity index (χ0n) is 9.44. The normalized spacial score (nSPS) is 12.2. The highest BCUT2D eigenvalue weighted by Crippen LogP contribution is 2.22. The monoisotopic (exact) mass is 258 g/mol. The molecule has 4 N–H and O–H groups in total. The summed E-state index contributed by atoms with van der Waals surface area (Å²) >= 11 is 5.76. The van der Waals surface area contributed by atoms with Gasteiger partial charge in [0.1, 0.15) is 6.10 Å². The van der Waals surface area contributed by atoms with Gasteiger partial charge in [0.25, 0.3) is 5.91 Å². The summed E-state index contributed by atoms with van der Waals surface area (Å²) in [7, 11) is 0. The number of hydrogen-bond donors (Lipinski definition) is 3. The lowest BCUT2D eigenvalue weighted by molar-refractivity contribution is -0.126. The number of anilines is 2. The van der Waals surface area contributed by atoms with Gasteiger partial charge in [-0.05, 0) is 25.1 Å². The van der Waals surface area contributed by atoms with Crippen LogP contribution in [0.3, 0.4) is 0 Å². The first kappa shape index (κ1) is 13.8. The van der Waals surface area contributed by atoms with E-state index in [0.29, 0.717) is 16.4 Å². The van der Waals surface area contributed by atoms with Crippen LogP contribution in [0.15, 0.2) is 18.2 Å². The van der Waals surface area contributed by atoms with Gasteiger partial charge in [-0.3, -0.25) is 4.79 Å². The van der Waals surface area contributed by atoms with Gasteiger partial charge < -0.3 is 20.9 Å². The van der Waals surface area contributed by atoms with Crippen LogP contribution in [0.25, 0.3) is 0 Å². The van der Waals surface area contributed by atoms with Gasteiger partial charge >= 0.3 is 0 Å². The number of aliphatic hydroxyl groups is 1. The quantitative estimate of drug-likeness (QED) is 0.694. The highest BCUT2D eigenvalue weighted by Gasteiger charge is 2.13. The molecule has 0 aromatic heterocycles. The topological polar surface area (TPSA) is 84.6 Å². The summed E-state index contributed by atoms with van der Waals surface area (Å²) in [6, 6.07) is 4.82. The Balaban J connectivity index is 2.58. The average molecular weight is 259 g/mol. The second kappa shape index (κ2) is 6.44. The summed E-state index contributed by atoms with van der Waals surface area (Å²) in [6.07, 6.45) is -0.640. The van der Waals surface area contributed by atoms with Crippen molar-refractivity contribution in [1.82, 2.24) is 0 Å². The van der Waals surface area contributed by atoms with Crippen LogP contribution < -0.4 is 11.1 Å². The van der Waals surface area contributed by atoms with Gasteiger partial charge in [-0.1, -0.05) is 11.6 Å². The Labute approximate surface area is 105 Å². The predicted molar refractivity (Wildman–Crippen MR) is 67.0 cm³/mol. The van der Waals surface area contributed by atoms with Gasteiger partial charge in [0, 0.05) is 5.69 Å². The van der Waals surface area contributed by atoms with E-state index in [1.807, 2.05) is 0 Å². The summed E-state index contributed by atoms with van der Waals surface area (Å²) in [5.41, 5.74) is 6.55. The lowest BCUT2D eigenvalue weighted by atomic mass is 10.2. The van der Waals surface area contributed by atoms with Crippen molar-refractivity contribution in [2.75, 3.05) is 24.3 Å². The fourth-order valence-electron chi connectivity index (χ4n) is 1.17. The molecule has 1 amide bonds. The molecule has 1 aromatic rings. The van der Waals surface area contributed by atoms with Crippen LogP contribution in [0, 0.1) is 0 Å². The lowest BCUT2D eigenvalue weighted by Crippen LogP contribution is -2.28. The molecular weight excluding hydrogens is 244 g/mol. The maximum Gasteiger partial charge on any atom is 0.253 e. The zero-order chi connectivity index (χ0) is 12.8. The van der Waals surface area contributed by atoms with Gasteiger partial charge in [0.05, 0.1) is 23.9 Å². The molecule has 0 aliphatic heterocycles. The number of ether oxygens (including phenoxy) is 1. The highest BCUT2D eigenvalue weighted by molar-refractivity contribution is 6.33. The molecule has 6 heteroatoms. The number of halogens is 1. The molecule has 1 unspecified atom stereocenters. The molecule has 0 fully saturated rings. The smallest absolute Gasteiger partial charge is 0.253 e. The number of nitrogens with two attached hydrogens (primary N) is 1. The zero-order valence-corrected chi connectivity index (χ0v) is 10.2. The number of nitrogen functional groups attached to an aromatic ring is 1. The molecule has 0 saturated heterocycles. The van der Waals surface area contributed by atoms with Crippen molar-refractivity contribution < 1.29 is 14.6 Å². The third-order valence-corrected chi connectivity index (χ3v) is 2.44. The molecule has 94 valence electrons. The van der Waals surface area contributed by atoms with E-state index in [4.69, 9.17) is 27.2 Å². The molecule has 0 aliphatic rings. The van der Waals surface area contributed by atoms with E-state index >= 15 is 0 Å². The number of rotatable bonds is 5. The molecule has 0 saturated carbocycles. The van der Waals surface area contributed by atoms with Gasteiger partial charge in [-0.25, -0.2) is 0 Å². The van der Waals surface area contributed by atoms with Crippen LogP contribution in [-0.2, 0) is 9.53 Å². The van der Waals surface area contributed by atoms with E-state index in [0.717, 1.165) is 0 Å². The number of benzene rings is 1. The van der Waals surface area contributed by atoms with Crippen LogP contribution >= 0.6 is 11.6 Å². The van der Waals surface area contributed by atoms with Crippen molar-refractivity contribution in [2.24, 2.45) is 0 Å². The fourth-order valence-corrected chi connectivity index (χ4v) is 1.29. The maximum atomic E-state index is 11.6. The Bertz CT molecular complexity index is 398. The van der Waals surface area contributed by atoms with Crippen LogP contribution in [0.4, 0.5) is 11.4 Å². The molecule has 0 aliphatic carbocycles. The van der Waals surface area contributed by atoms with E-state index in [9.17, 15) is 4.79 Å². The van der Waals surface area contributed by atoms with Gasteiger partial charge in [-0.2, -0.15) is 0 Å². The third-order valence-electron chi connectivity index (χ3n) is 2.09.